The van der Waals surface area contributed by atoms with Crippen LogP contribution in [0.4, 0.5) is 5.69 Å². The lowest BCUT2D eigenvalue weighted by Gasteiger charge is -2.17. The van der Waals surface area contributed by atoms with Gasteiger partial charge in [0.15, 0.2) is 0 Å². The molecule has 2 rings (SSSR count). The maximum atomic E-state index is 5.02. The molecule has 18 heavy (non-hydrogen) atoms. The van der Waals surface area contributed by atoms with Crippen LogP contribution in [0.25, 0.3) is 0 Å². The second kappa shape index (κ2) is 7.39. The van der Waals surface area contributed by atoms with E-state index in [1.807, 2.05) is 0 Å². The summed E-state index contributed by atoms with van der Waals surface area (Å²) in [5.74, 6) is 0. The fourth-order valence-electron chi connectivity index (χ4n) is 2.37. The largest absolute Gasteiger partial charge is 0.385 e. The van der Waals surface area contributed by atoms with Crippen LogP contribution in [0.2, 0.25) is 0 Å². The van der Waals surface area contributed by atoms with Gasteiger partial charge in [-0.25, -0.2) is 0 Å². The Balaban J connectivity index is 1.73. The number of anilines is 1. The van der Waals surface area contributed by atoms with E-state index in [1.54, 1.807) is 7.11 Å². The number of hydrogen-bond acceptors (Lipinski definition) is 3. The number of hydrogen-bond donors (Lipinski definition) is 1. The topological polar surface area (TPSA) is 24.5 Å². The van der Waals surface area contributed by atoms with Gasteiger partial charge in [-0.1, -0.05) is 12.1 Å². The molecule has 0 radical (unpaired) electrons. The average molecular weight is 248 g/mol. The summed E-state index contributed by atoms with van der Waals surface area (Å²) >= 11 is 0. The van der Waals surface area contributed by atoms with E-state index in [9.17, 15) is 0 Å². The lowest BCUT2D eigenvalue weighted by atomic mass is 10.2. The molecular formula is C15H24N2O. The van der Waals surface area contributed by atoms with Crippen molar-refractivity contribution in [3.8, 4) is 0 Å². The molecule has 1 heterocycles. The van der Waals surface area contributed by atoms with Gasteiger partial charge in [0.2, 0.25) is 0 Å². The summed E-state index contributed by atoms with van der Waals surface area (Å²) in [6.07, 6.45) is 3.74. The smallest absolute Gasteiger partial charge is 0.0474 e. The number of rotatable bonds is 7. The third-order valence-corrected chi connectivity index (χ3v) is 3.44. The SMILES string of the molecule is COCCCNCc1ccc(N2CCCC2)cc1. The highest BCUT2D eigenvalue weighted by Gasteiger charge is 2.11. The summed E-state index contributed by atoms with van der Waals surface area (Å²) < 4.78 is 5.02. The molecule has 3 nitrogen and oxygen atoms in total. The van der Waals surface area contributed by atoms with Gasteiger partial charge in [0, 0.05) is 39.0 Å². The number of ether oxygens (including phenoxy) is 1. The first-order valence-electron chi connectivity index (χ1n) is 6.94. The van der Waals surface area contributed by atoms with Gasteiger partial charge in [-0.05, 0) is 43.5 Å². The minimum absolute atomic E-state index is 0.834. The normalized spacial score (nSPS) is 15.3. The molecule has 0 atom stereocenters. The second-order valence-electron chi connectivity index (χ2n) is 4.88. The third kappa shape index (κ3) is 4.00. The van der Waals surface area contributed by atoms with Gasteiger partial charge in [0.05, 0.1) is 0 Å². The van der Waals surface area contributed by atoms with Crippen molar-refractivity contribution in [1.29, 1.82) is 0 Å². The molecule has 1 fully saturated rings. The molecular weight excluding hydrogens is 224 g/mol. The van der Waals surface area contributed by atoms with E-state index in [-0.39, 0.29) is 0 Å². The zero-order valence-electron chi connectivity index (χ0n) is 11.3. The summed E-state index contributed by atoms with van der Waals surface area (Å²) in [6.45, 7) is 5.23. The molecule has 0 aliphatic carbocycles. The summed E-state index contributed by atoms with van der Waals surface area (Å²) in [7, 11) is 1.75. The Hall–Kier alpha value is -1.06. The first kappa shape index (κ1) is 13.4. The van der Waals surface area contributed by atoms with Crippen molar-refractivity contribution in [2.75, 3.05) is 38.3 Å². The van der Waals surface area contributed by atoms with Crippen LogP contribution < -0.4 is 10.2 Å². The van der Waals surface area contributed by atoms with Crippen LogP contribution in [0.1, 0.15) is 24.8 Å². The fraction of sp³-hybridized carbons (Fsp3) is 0.600. The molecule has 3 heteroatoms. The van der Waals surface area contributed by atoms with Gasteiger partial charge in [0.1, 0.15) is 0 Å². The maximum absolute atomic E-state index is 5.02. The molecule has 0 amide bonds. The van der Waals surface area contributed by atoms with E-state index < -0.39 is 0 Å². The standard InChI is InChI=1S/C15H24N2O/c1-18-12-4-9-16-13-14-5-7-15(8-6-14)17-10-2-3-11-17/h5-8,16H,2-4,9-13H2,1H3. The molecule has 1 aromatic rings. The van der Waals surface area contributed by atoms with Gasteiger partial charge in [-0.2, -0.15) is 0 Å². The van der Waals surface area contributed by atoms with Crippen molar-refractivity contribution in [2.45, 2.75) is 25.8 Å². The Labute approximate surface area is 110 Å². The molecule has 0 bridgehead atoms. The zero-order valence-corrected chi connectivity index (χ0v) is 11.3. The van der Waals surface area contributed by atoms with Crippen LogP contribution in [0.5, 0.6) is 0 Å². The molecule has 1 aromatic carbocycles. The van der Waals surface area contributed by atoms with Crippen molar-refractivity contribution in [1.82, 2.24) is 5.32 Å². The molecule has 0 aromatic heterocycles. The number of methoxy groups -OCH3 is 1. The highest BCUT2D eigenvalue weighted by molar-refractivity contribution is 5.48. The van der Waals surface area contributed by atoms with Gasteiger partial charge in [-0.3, -0.25) is 0 Å². The highest BCUT2D eigenvalue weighted by Crippen LogP contribution is 2.20. The molecule has 0 unspecified atom stereocenters. The Morgan fingerprint density at radius 1 is 1.17 bits per heavy atom. The zero-order chi connectivity index (χ0) is 12.6. The Bertz CT molecular complexity index is 331. The van der Waals surface area contributed by atoms with E-state index in [2.05, 4.69) is 34.5 Å². The summed E-state index contributed by atoms with van der Waals surface area (Å²) in [6, 6.07) is 8.96. The van der Waals surface area contributed by atoms with Gasteiger partial charge in [-0.15, -0.1) is 0 Å². The van der Waals surface area contributed by atoms with Crippen LogP contribution >= 0.6 is 0 Å². The summed E-state index contributed by atoms with van der Waals surface area (Å²) in [5.41, 5.74) is 2.73. The Morgan fingerprint density at radius 3 is 2.56 bits per heavy atom. The van der Waals surface area contributed by atoms with Gasteiger partial charge < -0.3 is 15.0 Å². The second-order valence-corrected chi connectivity index (χ2v) is 4.88. The number of nitrogens with zero attached hydrogens (tertiary/aromatic N) is 1. The third-order valence-electron chi connectivity index (χ3n) is 3.44. The van der Waals surface area contributed by atoms with E-state index >= 15 is 0 Å². The lowest BCUT2D eigenvalue weighted by molar-refractivity contribution is 0.194. The van der Waals surface area contributed by atoms with Gasteiger partial charge in [0.25, 0.3) is 0 Å². The van der Waals surface area contributed by atoms with E-state index in [4.69, 9.17) is 4.74 Å². The summed E-state index contributed by atoms with van der Waals surface area (Å²) in [4.78, 5) is 2.47. The molecule has 0 saturated carbocycles. The fourth-order valence-corrected chi connectivity index (χ4v) is 2.37. The molecule has 1 N–H and O–H groups in total. The van der Waals surface area contributed by atoms with Crippen LogP contribution in [0, 0.1) is 0 Å². The highest BCUT2D eigenvalue weighted by atomic mass is 16.5. The Morgan fingerprint density at radius 2 is 1.89 bits per heavy atom. The minimum Gasteiger partial charge on any atom is -0.385 e. The molecule has 1 aliphatic rings. The molecule has 1 saturated heterocycles. The van der Waals surface area contributed by atoms with Gasteiger partial charge >= 0.3 is 0 Å². The Kier molecular flexibility index (Phi) is 5.49. The van der Waals surface area contributed by atoms with Crippen molar-refractivity contribution in [2.24, 2.45) is 0 Å². The van der Waals surface area contributed by atoms with Crippen molar-refractivity contribution in [3.63, 3.8) is 0 Å². The van der Waals surface area contributed by atoms with Crippen LogP contribution in [0.15, 0.2) is 24.3 Å². The predicted octanol–water partition coefficient (Wildman–Crippen LogP) is 2.41. The first-order valence-corrected chi connectivity index (χ1v) is 6.94. The monoisotopic (exact) mass is 248 g/mol. The number of benzene rings is 1. The first-order chi connectivity index (χ1) is 8.90. The van der Waals surface area contributed by atoms with E-state index in [0.29, 0.717) is 0 Å². The molecule has 100 valence electrons. The molecule has 1 aliphatic heterocycles. The van der Waals surface area contributed by atoms with Crippen LogP contribution in [-0.4, -0.2) is 33.4 Å². The average Bonchev–Trinajstić information content (AvgIpc) is 2.93. The van der Waals surface area contributed by atoms with Crippen LogP contribution in [-0.2, 0) is 11.3 Å². The quantitative estimate of drug-likeness (QED) is 0.750. The molecule has 0 spiro atoms. The van der Waals surface area contributed by atoms with Crippen LogP contribution in [0.3, 0.4) is 0 Å². The minimum atomic E-state index is 0.834. The van der Waals surface area contributed by atoms with E-state index in [0.717, 1.165) is 26.1 Å². The van der Waals surface area contributed by atoms with Crippen molar-refractivity contribution >= 4 is 5.69 Å². The van der Waals surface area contributed by atoms with Crippen molar-refractivity contribution < 1.29 is 4.74 Å². The predicted molar refractivity (Wildman–Crippen MR) is 76.1 cm³/mol. The number of nitrogens with one attached hydrogen (secondary N) is 1. The van der Waals surface area contributed by atoms with Crippen molar-refractivity contribution in [3.05, 3.63) is 29.8 Å². The maximum Gasteiger partial charge on any atom is 0.0474 e. The summed E-state index contributed by atoms with van der Waals surface area (Å²) in [5, 5.41) is 3.43. The van der Waals surface area contributed by atoms with E-state index in [1.165, 1.54) is 37.2 Å². The lowest BCUT2D eigenvalue weighted by Crippen LogP contribution is -2.18.